The number of amides is 2. The average molecular weight is 535 g/mol. The van der Waals surface area contributed by atoms with Crippen molar-refractivity contribution in [2.45, 2.75) is 83.7 Å². The van der Waals surface area contributed by atoms with Crippen LogP contribution in [-0.2, 0) is 9.47 Å². The third-order valence-corrected chi connectivity index (χ3v) is 9.42. The molecule has 1 aliphatic heterocycles. The Bertz CT molecular complexity index is 1140. The Hall–Kier alpha value is -2.71. The minimum absolute atomic E-state index is 0.0947. The Morgan fingerprint density at radius 3 is 2.39 bits per heavy atom. The van der Waals surface area contributed by atoms with Crippen LogP contribution in [0.15, 0.2) is 35.9 Å². The van der Waals surface area contributed by atoms with Crippen LogP contribution in [0, 0.1) is 23.2 Å². The maximum absolute atomic E-state index is 15.3. The van der Waals surface area contributed by atoms with Gasteiger partial charge in [-0.15, -0.1) is 0 Å². The molecule has 38 heavy (non-hydrogen) atoms. The monoisotopic (exact) mass is 534 g/mol. The summed E-state index contributed by atoms with van der Waals surface area (Å²) in [4.78, 5) is 28.9. The van der Waals surface area contributed by atoms with Crippen LogP contribution >= 0.6 is 0 Å². The molecule has 2 amide bonds. The molecular formula is C29H37F3N2O4. The first kappa shape index (κ1) is 26.9. The number of benzene rings is 1. The summed E-state index contributed by atoms with van der Waals surface area (Å²) in [5.41, 5.74) is -0.703. The molecule has 1 aromatic carbocycles. The van der Waals surface area contributed by atoms with Crippen LogP contribution in [0.5, 0.6) is 0 Å². The van der Waals surface area contributed by atoms with E-state index in [9.17, 15) is 9.59 Å². The normalized spacial score (nSPS) is 29.7. The van der Waals surface area contributed by atoms with Gasteiger partial charge in [-0.3, -0.25) is 9.80 Å². The number of ether oxygens (including phenoxy) is 2. The molecular weight excluding hydrogens is 497 g/mol. The summed E-state index contributed by atoms with van der Waals surface area (Å²) in [5.74, 6) is 0.0878. The third kappa shape index (κ3) is 4.08. The van der Waals surface area contributed by atoms with Gasteiger partial charge < -0.3 is 9.47 Å². The number of methoxy groups -OCH3 is 1. The van der Waals surface area contributed by atoms with E-state index in [1.165, 1.54) is 18.1 Å². The number of rotatable bonds is 5. The first-order valence-electron chi connectivity index (χ1n) is 13.5. The van der Waals surface area contributed by atoms with Crippen molar-refractivity contribution in [1.29, 1.82) is 0 Å². The van der Waals surface area contributed by atoms with Crippen molar-refractivity contribution in [3.8, 4) is 0 Å². The summed E-state index contributed by atoms with van der Waals surface area (Å²) in [6.45, 7) is 7.87. The largest absolute Gasteiger partial charge is 0.453 e. The fraction of sp³-hybridized carbons (Fsp3) is 0.655. The van der Waals surface area contributed by atoms with E-state index in [2.05, 4.69) is 19.9 Å². The summed E-state index contributed by atoms with van der Waals surface area (Å²) in [7, 11) is 1.26. The molecule has 6 nitrogen and oxygen atoms in total. The van der Waals surface area contributed by atoms with Crippen molar-refractivity contribution in [2.75, 3.05) is 18.6 Å². The van der Waals surface area contributed by atoms with Gasteiger partial charge in [0.1, 0.15) is 0 Å². The van der Waals surface area contributed by atoms with Gasteiger partial charge in [0.2, 0.25) is 0 Å². The number of fused-ring (bicyclic) bond motifs is 2. The molecule has 1 aromatic rings. The molecule has 9 heteroatoms. The highest BCUT2D eigenvalue weighted by Crippen LogP contribution is 2.62. The molecule has 6 rings (SSSR count). The zero-order valence-electron chi connectivity index (χ0n) is 22.7. The second kappa shape index (κ2) is 9.19. The molecule has 0 N–H and O–H groups in total. The fourth-order valence-corrected chi connectivity index (χ4v) is 7.13. The van der Waals surface area contributed by atoms with Crippen molar-refractivity contribution in [2.24, 2.45) is 23.2 Å². The van der Waals surface area contributed by atoms with E-state index in [1.807, 2.05) is 0 Å². The smallest absolute Gasteiger partial charge is 0.415 e. The fourth-order valence-electron chi connectivity index (χ4n) is 7.13. The summed E-state index contributed by atoms with van der Waals surface area (Å²) in [6.07, 6.45) is -2.71. The molecule has 2 fully saturated rings. The molecule has 0 saturated heterocycles. The number of nitrogens with zero attached hydrogens (tertiary/aromatic N) is 2. The molecule has 0 spiro atoms. The number of anilines is 1. The Morgan fingerprint density at radius 2 is 1.84 bits per heavy atom. The maximum atomic E-state index is 15.3. The Balaban J connectivity index is 1.63. The van der Waals surface area contributed by atoms with Crippen molar-refractivity contribution in [3.63, 3.8) is 0 Å². The SMILES string of the molecule is COC(=O)N(CC1=CCC2CC1C2(C)C)C1CC(C2CC2)(C(F)(F)F)N(C(=O)OC(C)C)c2ccccc21. The Morgan fingerprint density at radius 1 is 1.16 bits per heavy atom. The number of halogens is 3. The van der Waals surface area contributed by atoms with Gasteiger partial charge in [-0.05, 0) is 74.3 Å². The number of para-hydroxylation sites is 1. The minimum atomic E-state index is -4.75. The highest BCUT2D eigenvalue weighted by Gasteiger charge is 2.70. The van der Waals surface area contributed by atoms with Crippen LogP contribution in [-0.4, -0.2) is 48.6 Å². The van der Waals surface area contributed by atoms with Crippen LogP contribution in [0.3, 0.4) is 0 Å². The number of carbonyl (C=O) groups excluding carboxylic acids is 2. The van der Waals surface area contributed by atoms with Crippen LogP contribution in [0.25, 0.3) is 0 Å². The molecule has 0 radical (unpaired) electrons. The number of hydrogen-bond acceptors (Lipinski definition) is 4. The van der Waals surface area contributed by atoms with E-state index in [0.717, 1.165) is 23.3 Å². The predicted molar refractivity (Wildman–Crippen MR) is 137 cm³/mol. The number of carbonyl (C=O) groups is 2. The quantitative estimate of drug-likeness (QED) is 0.373. The van der Waals surface area contributed by atoms with Crippen molar-refractivity contribution in [1.82, 2.24) is 4.90 Å². The summed E-state index contributed by atoms with van der Waals surface area (Å²) in [6, 6.07) is 5.65. The standard InChI is InChI=1S/C29H37F3N2O4/c1-17(2)38-26(36)34-23-9-7-6-8-21(23)24(15-28(34,19-12-13-19)29(30,31)32)33(25(35)37-5)16-18-10-11-20-14-22(18)27(20,3)4/h6-10,17,19-20,22,24H,11-16H2,1-5H3. The molecule has 1 heterocycles. The van der Waals surface area contributed by atoms with Gasteiger partial charge in [-0.2, -0.15) is 13.2 Å². The van der Waals surface area contributed by atoms with E-state index in [0.29, 0.717) is 24.3 Å². The number of hydrogen-bond donors (Lipinski definition) is 0. The van der Waals surface area contributed by atoms with Gasteiger partial charge in [0.15, 0.2) is 5.54 Å². The van der Waals surface area contributed by atoms with Crippen LogP contribution in [0.4, 0.5) is 28.4 Å². The van der Waals surface area contributed by atoms with Crippen LogP contribution in [0.1, 0.15) is 71.4 Å². The molecule has 4 atom stereocenters. The highest BCUT2D eigenvalue weighted by atomic mass is 19.4. The van der Waals surface area contributed by atoms with E-state index in [4.69, 9.17) is 9.47 Å². The molecule has 5 aliphatic rings. The number of alkyl halides is 3. The lowest BCUT2D eigenvalue weighted by Crippen LogP contribution is -2.67. The van der Waals surface area contributed by atoms with Crippen LogP contribution < -0.4 is 4.90 Å². The van der Waals surface area contributed by atoms with E-state index >= 15 is 13.2 Å². The summed E-state index contributed by atoms with van der Waals surface area (Å²) < 4.78 is 56.4. The molecule has 208 valence electrons. The second-order valence-electron chi connectivity index (χ2n) is 12.2. The topological polar surface area (TPSA) is 59.1 Å². The predicted octanol–water partition coefficient (Wildman–Crippen LogP) is 7.25. The van der Waals surface area contributed by atoms with Gasteiger partial charge in [-0.1, -0.05) is 43.7 Å². The minimum Gasteiger partial charge on any atom is -0.453 e. The Kier molecular flexibility index (Phi) is 6.50. The molecule has 2 saturated carbocycles. The average Bonchev–Trinajstić information content (AvgIpc) is 3.70. The van der Waals surface area contributed by atoms with E-state index < -0.39 is 48.4 Å². The van der Waals surface area contributed by atoms with Gasteiger partial charge >= 0.3 is 18.4 Å². The zero-order valence-corrected chi connectivity index (χ0v) is 22.7. The van der Waals surface area contributed by atoms with Crippen LogP contribution in [0.2, 0.25) is 0 Å². The summed E-state index contributed by atoms with van der Waals surface area (Å²) >= 11 is 0. The van der Waals surface area contributed by atoms with E-state index in [1.54, 1.807) is 32.0 Å². The van der Waals surface area contributed by atoms with Gasteiger partial charge in [0.05, 0.1) is 24.9 Å². The van der Waals surface area contributed by atoms with Crippen molar-refractivity contribution >= 4 is 17.9 Å². The molecule has 2 bridgehead atoms. The van der Waals surface area contributed by atoms with Gasteiger partial charge in [0, 0.05) is 13.0 Å². The first-order chi connectivity index (χ1) is 17.8. The zero-order chi connectivity index (χ0) is 27.6. The molecule has 4 unspecified atom stereocenters. The lowest BCUT2D eigenvalue weighted by Gasteiger charge is -2.57. The van der Waals surface area contributed by atoms with Crippen molar-refractivity contribution < 1.29 is 32.2 Å². The molecule has 0 aromatic heterocycles. The molecule has 4 aliphatic carbocycles. The number of allylic oxidation sites excluding steroid dienone is 1. The lowest BCUT2D eigenvalue weighted by atomic mass is 9.49. The summed E-state index contributed by atoms with van der Waals surface area (Å²) in [5, 5.41) is 0. The third-order valence-electron chi connectivity index (χ3n) is 9.42. The van der Waals surface area contributed by atoms with E-state index in [-0.39, 0.29) is 23.6 Å². The van der Waals surface area contributed by atoms with Gasteiger partial charge in [-0.25, -0.2) is 9.59 Å². The maximum Gasteiger partial charge on any atom is 0.415 e. The second-order valence-corrected chi connectivity index (χ2v) is 12.2. The first-order valence-corrected chi connectivity index (χ1v) is 13.5. The Labute approximate surface area is 222 Å². The van der Waals surface area contributed by atoms with Gasteiger partial charge in [0.25, 0.3) is 0 Å². The van der Waals surface area contributed by atoms with Crippen molar-refractivity contribution in [3.05, 3.63) is 41.5 Å². The highest BCUT2D eigenvalue weighted by molar-refractivity contribution is 5.92. The lowest BCUT2D eigenvalue weighted by molar-refractivity contribution is -0.199.